The Labute approximate surface area is 99.2 Å². The molecule has 0 aromatic carbocycles. The number of aliphatic hydroxyl groups is 1. The molecule has 16 heavy (non-hydrogen) atoms. The van der Waals surface area contributed by atoms with Crippen molar-refractivity contribution in [2.45, 2.75) is 26.3 Å². The fourth-order valence-corrected chi connectivity index (χ4v) is 2.00. The molecule has 0 aromatic heterocycles. The summed E-state index contributed by atoms with van der Waals surface area (Å²) in [4.78, 5) is 4.96. The van der Waals surface area contributed by atoms with Crippen molar-refractivity contribution in [2.75, 3.05) is 52.5 Å². The lowest BCUT2D eigenvalue weighted by molar-refractivity contribution is 0.0345. The van der Waals surface area contributed by atoms with Crippen molar-refractivity contribution in [3.8, 4) is 0 Å². The van der Waals surface area contributed by atoms with Crippen molar-refractivity contribution in [3.63, 3.8) is 0 Å². The van der Waals surface area contributed by atoms with Crippen LogP contribution in [0.4, 0.5) is 0 Å². The van der Waals surface area contributed by atoms with E-state index >= 15 is 0 Å². The molecule has 0 saturated carbocycles. The van der Waals surface area contributed by atoms with E-state index in [0.29, 0.717) is 12.1 Å². The van der Waals surface area contributed by atoms with Crippen LogP contribution in [0.5, 0.6) is 0 Å². The lowest BCUT2D eigenvalue weighted by Crippen LogP contribution is -2.53. The van der Waals surface area contributed by atoms with E-state index in [0.717, 1.165) is 39.3 Å². The SMILES string of the molecule is CC(C)(C)N1CCN(CCOCCO)CC1. The molecule has 1 saturated heterocycles. The molecule has 1 heterocycles. The minimum absolute atomic E-state index is 0.123. The summed E-state index contributed by atoms with van der Waals surface area (Å²) in [6.07, 6.45) is 0. The number of hydrogen-bond acceptors (Lipinski definition) is 4. The fourth-order valence-electron chi connectivity index (χ4n) is 2.00. The maximum atomic E-state index is 8.58. The van der Waals surface area contributed by atoms with Gasteiger partial charge in [-0.3, -0.25) is 9.80 Å². The fraction of sp³-hybridized carbons (Fsp3) is 1.00. The van der Waals surface area contributed by atoms with Crippen molar-refractivity contribution >= 4 is 0 Å². The second-order valence-corrected chi connectivity index (χ2v) is 5.34. The summed E-state index contributed by atoms with van der Waals surface area (Å²) >= 11 is 0. The van der Waals surface area contributed by atoms with Crippen molar-refractivity contribution in [3.05, 3.63) is 0 Å². The summed E-state index contributed by atoms with van der Waals surface area (Å²) < 4.78 is 5.27. The Kier molecular flexibility index (Phi) is 5.69. The van der Waals surface area contributed by atoms with Crippen LogP contribution in [0.3, 0.4) is 0 Å². The van der Waals surface area contributed by atoms with Crippen LogP contribution in [0.2, 0.25) is 0 Å². The minimum atomic E-state index is 0.123. The van der Waals surface area contributed by atoms with Gasteiger partial charge in [0.15, 0.2) is 0 Å². The van der Waals surface area contributed by atoms with Crippen LogP contribution in [0.25, 0.3) is 0 Å². The molecule has 1 rings (SSSR count). The van der Waals surface area contributed by atoms with Gasteiger partial charge >= 0.3 is 0 Å². The second kappa shape index (κ2) is 6.55. The molecule has 1 fully saturated rings. The third kappa shape index (κ3) is 4.78. The third-order valence-electron chi connectivity index (χ3n) is 3.11. The lowest BCUT2D eigenvalue weighted by Gasteiger charge is -2.42. The number of hydrogen-bond donors (Lipinski definition) is 1. The van der Waals surface area contributed by atoms with E-state index < -0.39 is 0 Å². The lowest BCUT2D eigenvalue weighted by atomic mass is 10.1. The maximum Gasteiger partial charge on any atom is 0.0698 e. The van der Waals surface area contributed by atoms with Gasteiger partial charge in [-0.2, -0.15) is 0 Å². The summed E-state index contributed by atoms with van der Waals surface area (Å²) in [6, 6.07) is 0. The van der Waals surface area contributed by atoms with Crippen LogP contribution in [0.1, 0.15) is 20.8 Å². The van der Waals surface area contributed by atoms with Gasteiger partial charge < -0.3 is 9.84 Å². The molecule has 1 aliphatic heterocycles. The van der Waals surface area contributed by atoms with Gasteiger partial charge in [-0.15, -0.1) is 0 Å². The average molecular weight is 230 g/mol. The molecule has 1 N–H and O–H groups in total. The number of nitrogens with zero attached hydrogens (tertiary/aromatic N) is 2. The topological polar surface area (TPSA) is 35.9 Å². The van der Waals surface area contributed by atoms with Crippen LogP contribution in [0, 0.1) is 0 Å². The molecule has 1 aliphatic rings. The van der Waals surface area contributed by atoms with Crippen molar-refractivity contribution < 1.29 is 9.84 Å². The van der Waals surface area contributed by atoms with Crippen molar-refractivity contribution in [1.82, 2.24) is 9.80 Å². The molecule has 0 aliphatic carbocycles. The Hall–Kier alpha value is -0.160. The highest BCUT2D eigenvalue weighted by atomic mass is 16.5. The predicted molar refractivity (Wildman–Crippen MR) is 65.7 cm³/mol. The first-order valence-electron chi connectivity index (χ1n) is 6.20. The Balaban J connectivity index is 2.12. The summed E-state index contributed by atoms with van der Waals surface area (Å²) in [5.41, 5.74) is 0.291. The summed E-state index contributed by atoms with van der Waals surface area (Å²) in [5, 5.41) is 8.58. The molecule has 0 aromatic rings. The molecule has 0 amide bonds. The van der Waals surface area contributed by atoms with Crippen LogP contribution < -0.4 is 0 Å². The monoisotopic (exact) mass is 230 g/mol. The van der Waals surface area contributed by atoms with Crippen LogP contribution in [-0.2, 0) is 4.74 Å². The maximum absolute atomic E-state index is 8.58. The van der Waals surface area contributed by atoms with Gasteiger partial charge in [-0.25, -0.2) is 0 Å². The zero-order valence-electron chi connectivity index (χ0n) is 10.9. The summed E-state index contributed by atoms with van der Waals surface area (Å²) in [6.45, 7) is 13.6. The molecule has 4 heteroatoms. The number of piperazine rings is 1. The van der Waals surface area contributed by atoms with Gasteiger partial charge in [0.05, 0.1) is 19.8 Å². The number of rotatable bonds is 5. The molecule has 0 spiro atoms. The van der Waals surface area contributed by atoms with E-state index in [-0.39, 0.29) is 6.61 Å². The number of ether oxygens (including phenoxy) is 1. The zero-order valence-corrected chi connectivity index (χ0v) is 10.9. The molecule has 96 valence electrons. The normalized spacial score (nSPS) is 20.2. The van der Waals surface area contributed by atoms with Crippen molar-refractivity contribution in [2.24, 2.45) is 0 Å². The quantitative estimate of drug-likeness (QED) is 0.694. The Morgan fingerprint density at radius 1 is 1.06 bits per heavy atom. The first kappa shape index (κ1) is 13.9. The highest BCUT2D eigenvalue weighted by Crippen LogP contribution is 2.15. The average Bonchev–Trinajstić information content (AvgIpc) is 2.24. The van der Waals surface area contributed by atoms with E-state index in [1.165, 1.54) is 0 Å². The van der Waals surface area contributed by atoms with Gasteiger partial charge in [0.1, 0.15) is 0 Å². The first-order chi connectivity index (χ1) is 7.54. The Morgan fingerprint density at radius 3 is 2.19 bits per heavy atom. The third-order valence-corrected chi connectivity index (χ3v) is 3.11. The van der Waals surface area contributed by atoms with Gasteiger partial charge in [-0.05, 0) is 20.8 Å². The molecule has 0 bridgehead atoms. The smallest absolute Gasteiger partial charge is 0.0698 e. The summed E-state index contributed by atoms with van der Waals surface area (Å²) in [5.74, 6) is 0. The van der Waals surface area contributed by atoms with E-state index in [4.69, 9.17) is 9.84 Å². The van der Waals surface area contributed by atoms with E-state index in [9.17, 15) is 0 Å². The highest BCUT2D eigenvalue weighted by Gasteiger charge is 2.25. The molecule has 4 nitrogen and oxygen atoms in total. The van der Waals surface area contributed by atoms with Crippen LogP contribution in [-0.4, -0.2) is 73.0 Å². The van der Waals surface area contributed by atoms with E-state index in [2.05, 4.69) is 30.6 Å². The highest BCUT2D eigenvalue weighted by molar-refractivity contribution is 4.81. The van der Waals surface area contributed by atoms with Gasteiger partial charge in [0.2, 0.25) is 0 Å². The Morgan fingerprint density at radius 2 is 1.69 bits per heavy atom. The van der Waals surface area contributed by atoms with E-state index in [1.807, 2.05) is 0 Å². The molecule has 0 atom stereocenters. The minimum Gasteiger partial charge on any atom is -0.394 e. The van der Waals surface area contributed by atoms with E-state index in [1.54, 1.807) is 0 Å². The molecule has 0 unspecified atom stereocenters. The zero-order chi connectivity index (χ0) is 12.0. The predicted octanol–water partition coefficient (Wildman–Crippen LogP) is 0.411. The van der Waals surface area contributed by atoms with Crippen LogP contribution in [0.15, 0.2) is 0 Å². The standard InChI is InChI=1S/C12H26N2O2/c1-12(2,3)14-6-4-13(5-7-14)8-10-16-11-9-15/h15H,4-11H2,1-3H3. The largest absolute Gasteiger partial charge is 0.394 e. The van der Waals surface area contributed by atoms with Crippen LogP contribution >= 0.6 is 0 Å². The van der Waals surface area contributed by atoms with Gasteiger partial charge in [0.25, 0.3) is 0 Å². The molecular formula is C12H26N2O2. The first-order valence-corrected chi connectivity index (χ1v) is 6.20. The van der Waals surface area contributed by atoms with Crippen molar-refractivity contribution in [1.29, 1.82) is 0 Å². The molecular weight excluding hydrogens is 204 g/mol. The number of aliphatic hydroxyl groups excluding tert-OH is 1. The second-order valence-electron chi connectivity index (χ2n) is 5.34. The van der Waals surface area contributed by atoms with Gasteiger partial charge in [-0.1, -0.05) is 0 Å². The summed E-state index contributed by atoms with van der Waals surface area (Å²) in [7, 11) is 0. The molecule has 0 radical (unpaired) electrons. The van der Waals surface area contributed by atoms with Gasteiger partial charge in [0, 0.05) is 38.3 Å². The Bertz CT molecular complexity index is 184.